The maximum absolute atomic E-state index is 5.18. The SMILES string of the molecule is c1ccc(-c2ccc3cc(-c4cc(-c5cc6ccccc6s5)nc(-c5ccc6c(c5)sc5ccccc56)n4)ccc3c2)cc1. The normalized spacial score (nSPS) is 11.6. The van der Waals surface area contributed by atoms with Crippen molar-refractivity contribution in [3.63, 3.8) is 0 Å². The Morgan fingerprint density at radius 3 is 1.91 bits per heavy atom. The van der Waals surface area contributed by atoms with Crippen LogP contribution in [0.3, 0.4) is 0 Å². The van der Waals surface area contributed by atoms with E-state index in [-0.39, 0.29) is 0 Å². The molecule has 0 aliphatic carbocycles. The number of thiophene rings is 2. The van der Waals surface area contributed by atoms with Gasteiger partial charge in [0, 0.05) is 36.0 Å². The van der Waals surface area contributed by atoms with E-state index in [1.165, 1.54) is 52.2 Å². The highest BCUT2D eigenvalue weighted by atomic mass is 32.1. The highest BCUT2D eigenvalue weighted by Gasteiger charge is 2.15. The van der Waals surface area contributed by atoms with Gasteiger partial charge in [0.15, 0.2) is 5.82 Å². The third-order valence-corrected chi connectivity index (χ3v) is 10.6. The molecule has 3 aromatic heterocycles. The molecule has 44 heavy (non-hydrogen) atoms. The lowest BCUT2D eigenvalue weighted by atomic mass is 9.99. The molecule has 3 heterocycles. The van der Waals surface area contributed by atoms with E-state index in [4.69, 9.17) is 9.97 Å². The zero-order valence-electron chi connectivity index (χ0n) is 23.6. The van der Waals surface area contributed by atoms with Gasteiger partial charge in [0.2, 0.25) is 0 Å². The predicted octanol–water partition coefficient (Wildman–Crippen LogP) is 11.9. The topological polar surface area (TPSA) is 25.8 Å². The number of nitrogens with zero attached hydrogens (tertiary/aromatic N) is 2. The van der Waals surface area contributed by atoms with Gasteiger partial charge in [-0.1, -0.05) is 103 Å². The number of hydrogen-bond donors (Lipinski definition) is 0. The van der Waals surface area contributed by atoms with Crippen molar-refractivity contribution in [2.45, 2.75) is 0 Å². The van der Waals surface area contributed by atoms with Crippen molar-refractivity contribution < 1.29 is 0 Å². The first-order valence-corrected chi connectivity index (χ1v) is 16.3. The van der Waals surface area contributed by atoms with Crippen molar-refractivity contribution in [1.29, 1.82) is 0 Å². The van der Waals surface area contributed by atoms with Gasteiger partial charge >= 0.3 is 0 Å². The second-order valence-electron chi connectivity index (χ2n) is 11.1. The Morgan fingerprint density at radius 1 is 0.364 bits per heavy atom. The molecule has 0 N–H and O–H groups in total. The van der Waals surface area contributed by atoms with Crippen LogP contribution in [0.4, 0.5) is 0 Å². The lowest BCUT2D eigenvalue weighted by Crippen LogP contribution is -1.95. The van der Waals surface area contributed by atoms with E-state index in [1.54, 1.807) is 11.3 Å². The first kappa shape index (κ1) is 25.3. The van der Waals surface area contributed by atoms with Gasteiger partial charge in [-0.25, -0.2) is 9.97 Å². The average Bonchev–Trinajstić information content (AvgIpc) is 3.69. The fourth-order valence-electron chi connectivity index (χ4n) is 6.04. The van der Waals surface area contributed by atoms with Crippen LogP contribution in [0.25, 0.3) is 85.4 Å². The standard InChI is InChI=1S/C40H24N2S2/c1-2-8-25(9-3-1)26-14-15-28-21-29(17-16-27(28)20-26)34-24-35(39-22-30-10-4-6-12-36(30)43-39)42-40(41-34)31-18-19-33-32-11-5-7-13-37(32)44-38(33)23-31/h1-24H. The predicted molar refractivity (Wildman–Crippen MR) is 190 cm³/mol. The minimum atomic E-state index is 0.744. The van der Waals surface area contributed by atoms with E-state index in [1.807, 2.05) is 11.3 Å². The molecule has 0 saturated heterocycles. The first-order valence-electron chi connectivity index (χ1n) is 14.6. The molecule has 9 rings (SSSR count). The van der Waals surface area contributed by atoms with E-state index in [9.17, 15) is 0 Å². The molecule has 0 aliphatic rings. The number of hydrogen-bond acceptors (Lipinski definition) is 4. The highest BCUT2D eigenvalue weighted by Crippen LogP contribution is 2.38. The Labute approximate surface area is 262 Å². The molecule has 0 aliphatic heterocycles. The molecule has 0 fully saturated rings. The zero-order valence-corrected chi connectivity index (χ0v) is 25.2. The Kier molecular flexibility index (Phi) is 5.90. The van der Waals surface area contributed by atoms with Crippen molar-refractivity contribution >= 4 is 63.7 Å². The molecule has 4 heteroatoms. The summed E-state index contributed by atoms with van der Waals surface area (Å²) >= 11 is 3.60. The van der Waals surface area contributed by atoms with Gasteiger partial charge < -0.3 is 0 Å². The van der Waals surface area contributed by atoms with Crippen LogP contribution in [0, 0.1) is 0 Å². The molecular weight excluding hydrogens is 573 g/mol. The molecule has 9 aromatic rings. The summed E-state index contributed by atoms with van der Waals surface area (Å²) < 4.78 is 3.81. The second kappa shape index (κ2) is 10.2. The summed E-state index contributed by atoms with van der Waals surface area (Å²) in [6.45, 7) is 0. The van der Waals surface area contributed by atoms with Crippen LogP contribution in [0.2, 0.25) is 0 Å². The van der Waals surface area contributed by atoms with E-state index < -0.39 is 0 Å². The smallest absolute Gasteiger partial charge is 0.160 e. The summed E-state index contributed by atoms with van der Waals surface area (Å²) in [7, 11) is 0. The zero-order chi connectivity index (χ0) is 29.0. The molecule has 0 amide bonds. The summed E-state index contributed by atoms with van der Waals surface area (Å²) in [4.78, 5) is 11.5. The Bertz CT molecular complexity index is 2470. The van der Waals surface area contributed by atoms with E-state index >= 15 is 0 Å². The van der Waals surface area contributed by atoms with Crippen LogP contribution < -0.4 is 0 Å². The fraction of sp³-hybridized carbons (Fsp3) is 0. The average molecular weight is 597 g/mol. The summed E-state index contributed by atoms with van der Waals surface area (Å²) in [6, 6.07) is 52.0. The summed E-state index contributed by atoms with van der Waals surface area (Å²) in [5.74, 6) is 0.744. The molecule has 0 saturated carbocycles. The molecular formula is C40H24N2S2. The third kappa shape index (κ3) is 4.39. The van der Waals surface area contributed by atoms with Gasteiger partial charge in [0.25, 0.3) is 0 Å². The Balaban J connectivity index is 1.20. The largest absolute Gasteiger partial charge is 0.228 e. The van der Waals surface area contributed by atoms with Crippen LogP contribution in [-0.4, -0.2) is 9.97 Å². The number of rotatable bonds is 4. The van der Waals surface area contributed by atoms with Gasteiger partial charge in [-0.15, -0.1) is 22.7 Å². The van der Waals surface area contributed by atoms with Gasteiger partial charge in [-0.05, 0) is 69.8 Å². The van der Waals surface area contributed by atoms with Gasteiger partial charge in [-0.2, -0.15) is 0 Å². The maximum Gasteiger partial charge on any atom is 0.160 e. The number of fused-ring (bicyclic) bond motifs is 5. The van der Waals surface area contributed by atoms with Crippen LogP contribution >= 0.6 is 22.7 Å². The lowest BCUT2D eigenvalue weighted by molar-refractivity contribution is 1.19. The fourth-order valence-corrected chi connectivity index (χ4v) is 8.21. The Hall–Kier alpha value is -5.16. The quantitative estimate of drug-likeness (QED) is 0.202. The van der Waals surface area contributed by atoms with Crippen LogP contribution in [-0.2, 0) is 0 Å². The van der Waals surface area contributed by atoms with Crippen molar-refractivity contribution in [3.05, 3.63) is 146 Å². The molecule has 0 spiro atoms. The second-order valence-corrected chi connectivity index (χ2v) is 13.2. The number of benzene rings is 6. The Morgan fingerprint density at radius 2 is 1.05 bits per heavy atom. The summed E-state index contributed by atoms with van der Waals surface area (Å²) in [5.41, 5.74) is 6.43. The van der Waals surface area contributed by atoms with Crippen molar-refractivity contribution in [2.24, 2.45) is 0 Å². The highest BCUT2D eigenvalue weighted by molar-refractivity contribution is 7.25. The van der Waals surface area contributed by atoms with E-state index in [0.29, 0.717) is 0 Å². The molecule has 0 radical (unpaired) electrons. The van der Waals surface area contributed by atoms with Crippen LogP contribution in [0.5, 0.6) is 0 Å². The monoisotopic (exact) mass is 596 g/mol. The van der Waals surface area contributed by atoms with Crippen molar-refractivity contribution in [1.82, 2.24) is 9.97 Å². The van der Waals surface area contributed by atoms with Gasteiger partial charge in [-0.3, -0.25) is 0 Å². The molecule has 2 nitrogen and oxygen atoms in total. The van der Waals surface area contributed by atoms with Crippen LogP contribution in [0.15, 0.2) is 146 Å². The third-order valence-electron chi connectivity index (χ3n) is 8.28. The van der Waals surface area contributed by atoms with Gasteiger partial charge in [0.05, 0.1) is 16.3 Å². The molecule has 0 bridgehead atoms. The number of aromatic nitrogens is 2. The molecule has 0 unspecified atom stereocenters. The van der Waals surface area contributed by atoms with Gasteiger partial charge in [0.1, 0.15) is 0 Å². The van der Waals surface area contributed by atoms with Crippen LogP contribution in [0.1, 0.15) is 0 Å². The minimum Gasteiger partial charge on any atom is -0.228 e. The molecule has 6 aromatic carbocycles. The summed E-state index contributed by atoms with van der Waals surface area (Å²) in [5, 5.41) is 6.22. The van der Waals surface area contributed by atoms with Crippen molar-refractivity contribution in [2.75, 3.05) is 0 Å². The van der Waals surface area contributed by atoms with E-state index in [2.05, 4.69) is 146 Å². The first-order chi connectivity index (χ1) is 21.7. The summed E-state index contributed by atoms with van der Waals surface area (Å²) in [6.07, 6.45) is 0. The van der Waals surface area contributed by atoms with E-state index in [0.717, 1.165) is 33.2 Å². The molecule has 0 atom stereocenters. The minimum absolute atomic E-state index is 0.744. The lowest BCUT2D eigenvalue weighted by Gasteiger charge is -2.10. The molecule has 206 valence electrons. The maximum atomic E-state index is 5.18. The van der Waals surface area contributed by atoms with Crippen molar-refractivity contribution in [3.8, 4) is 44.3 Å².